The second-order valence-electron chi connectivity index (χ2n) is 16.7. The zero-order valence-corrected chi connectivity index (χ0v) is 34.2. The van der Waals surface area contributed by atoms with Crippen molar-refractivity contribution in [2.75, 3.05) is 0 Å². The van der Waals surface area contributed by atoms with Gasteiger partial charge in [-0.2, -0.15) is 0 Å². The summed E-state index contributed by atoms with van der Waals surface area (Å²) in [5.74, 6) is 0.290. The molecule has 0 radical (unpaired) electrons. The average Bonchev–Trinajstić information content (AvgIpc) is 3.88. The molecule has 0 aliphatic heterocycles. The Bertz CT molecular complexity index is 3150. The lowest BCUT2D eigenvalue weighted by Gasteiger charge is -2.28. The summed E-state index contributed by atoms with van der Waals surface area (Å²) >= 11 is 0. The van der Waals surface area contributed by atoms with Gasteiger partial charge in [-0.05, 0) is 148 Å². The van der Waals surface area contributed by atoms with Crippen LogP contribution >= 0.6 is 0 Å². The van der Waals surface area contributed by atoms with Crippen LogP contribution in [-0.4, -0.2) is 9.97 Å². The molecule has 7 aromatic carbocycles. The third kappa shape index (κ3) is 5.94. The van der Waals surface area contributed by atoms with Gasteiger partial charge in [-0.15, -0.1) is 0 Å². The van der Waals surface area contributed by atoms with Crippen LogP contribution in [0.1, 0.15) is 64.3 Å². The number of hydrogen-bond donors (Lipinski definition) is 0. The number of hydrogen-bond acceptors (Lipinski definition) is 2. The van der Waals surface area contributed by atoms with Gasteiger partial charge in [-0.3, -0.25) is 4.98 Å². The van der Waals surface area contributed by atoms with E-state index in [4.69, 9.17) is 9.97 Å². The molecule has 0 amide bonds. The van der Waals surface area contributed by atoms with Crippen LogP contribution in [0.4, 0.5) is 0 Å². The number of pyridine rings is 2. The van der Waals surface area contributed by atoms with Crippen molar-refractivity contribution in [1.29, 1.82) is 0 Å². The first-order chi connectivity index (χ1) is 29.4. The molecule has 2 aliphatic carbocycles. The van der Waals surface area contributed by atoms with E-state index < -0.39 is 0 Å². The minimum Gasteiger partial charge on any atom is -0.252 e. The van der Waals surface area contributed by atoms with Gasteiger partial charge in [-0.25, -0.2) is 4.98 Å². The van der Waals surface area contributed by atoms with Crippen molar-refractivity contribution in [2.24, 2.45) is 0 Å². The SMILES string of the molecule is C=CC(C)=Cc1c(C)nc(-c2cc(C)cc(-c3ccccc3)c2)c2c1C1CC2c2c1c(-c1cc(-c3ccccc3)cc(-c3ccccc3)c1)nc1cc3ccccc3cc21. The van der Waals surface area contributed by atoms with Gasteiger partial charge in [0, 0.05) is 39.6 Å². The molecule has 2 aromatic heterocycles. The molecule has 2 nitrogen and oxygen atoms in total. The van der Waals surface area contributed by atoms with Crippen LogP contribution in [0.5, 0.6) is 0 Å². The van der Waals surface area contributed by atoms with E-state index in [9.17, 15) is 0 Å². The lowest BCUT2D eigenvalue weighted by molar-refractivity contribution is 0.797. The second kappa shape index (κ2) is 14.3. The molecule has 2 heteroatoms. The van der Waals surface area contributed by atoms with Gasteiger partial charge in [0.05, 0.1) is 16.9 Å². The minimum absolute atomic E-state index is 0.140. The second-order valence-corrected chi connectivity index (χ2v) is 16.7. The summed E-state index contributed by atoms with van der Waals surface area (Å²) in [5.41, 5.74) is 22.8. The molecule has 0 saturated carbocycles. The number of allylic oxidation sites excluding steroid dienone is 2. The van der Waals surface area contributed by atoms with Crippen molar-refractivity contribution in [1.82, 2.24) is 9.97 Å². The van der Waals surface area contributed by atoms with Crippen LogP contribution in [0.25, 0.3) is 83.6 Å². The lowest BCUT2D eigenvalue weighted by atomic mass is 9.78. The Morgan fingerprint density at radius 2 is 0.967 bits per heavy atom. The highest BCUT2D eigenvalue weighted by molar-refractivity contribution is 6.02. The molecule has 2 aliphatic rings. The smallest absolute Gasteiger partial charge is 0.0751 e. The van der Waals surface area contributed by atoms with E-state index in [0.29, 0.717) is 0 Å². The molecule has 11 rings (SSSR count). The van der Waals surface area contributed by atoms with E-state index in [1.54, 1.807) is 0 Å². The van der Waals surface area contributed by atoms with Gasteiger partial charge in [0.2, 0.25) is 0 Å². The van der Waals surface area contributed by atoms with Gasteiger partial charge in [0.25, 0.3) is 0 Å². The Labute approximate surface area is 352 Å². The van der Waals surface area contributed by atoms with Crippen molar-refractivity contribution < 1.29 is 0 Å². The van der Waals surface area contributed by atoms with Gasteiger partial charge in [-0.1, -0.05) is 140 Å². The fourth-order valence-corrected chi connectivity index (χ4v) is 10.2. The number of benzene rings is 7. The Morgan fingerprint density at radius 1 is 0.500 bits per heavy atom. The molecule has 0 spiro atoms. The van der Waals surface area contributed by atoms with E-state index in [1.807, 2.05) is 6.08 Å². The third-order valence-electron chi connectivity index (χ3n) is 12.9. The predicted molar refractivity (Wildman–Crippen MR) is 252 cm³/mol. The zero-order chi connectivity index (χ0) is 40.5. The molecule has 60 heavy (non-hydrogen) atoms. The number of aromatic nitrogens is 2. The van der Waals surface area contributed by atoms with Crippen molar-refractivity contribution in [2.45, 2.75) is 39.0 Å². The molecule has 0 N–H and O–H groups in total. The molecule has 2 atom stereocenters. The van der Waals surface area contributed by atoms with E-state index in [0.717, 1.165) is 40.2 Å². The average molecular weight is 769 g/mol. The van der Waals surface area contributed by atoms with Crippen molar-refractivity contribution in [3.63, 3.8) is 0 Å². The molecular formula is C58H44N2. The predicted octanol–water partition coefficient (Wildman–Crippen LogP) is 15.3. The van der Waals surface area contributed by atoms with E-state index in [-0.39, 0.29) is 11.8 Å². The molecule has 2 unspecified atom stereocenters. The van der Waals surface area contributed by atoms with Crippen molar-refractivity contribution in [3.8, 4) is 55.9 Å². The van der Waals surface area contributed by atoms with Crippen molar-refractivity contribution >= 4 is 27.8 Å². The molecular weight excluding hydrogens is 725 g/mol. The largest absolute Gasteiger partial charge is 0.252 e. The topological polar surface area (TPSA) is 25.8 Å². The van der Waals surface area contributed by atoms with Crippen LogP contribution in [0.15, 0.2) is 182 Å². The Hall–Kier alpha value is -7.16. The third-order valence-corrected chi connectivity index (χ3v) is 12.9. The fourth-order valence-electron chi connectivity index (χ4n) is 10.2. The summed E-state index contributed by atoms with van der Waals surface area (Å²) in [6.07, 6.45) is 5.26. The van der Waals surface area contributed by atoms with Crippen LogP contribution < -0.4 is 0 Å². The molecule has 2 bridgehead atoms. The number of rotatable bonds is 7. The zero-order valence-electron chi connectivity index (χ0n) is 34.2. The summed E-state index contributed by atoms with van der Waals surface area (Å²) in [7, 11) is 0. The van der Waals surface area contributed by atoms with Crippen LogP contribution in [0.3, 0.4) is 0 Å². The standard InChI is InChI=1S/C58H44N2/c1-5-35(2)27-48-37(4)59-57(46-26-36(3)25-43(29-46)38-17-9-6-10-18-38)55-51-34-50(53(48)55)56-54(51)49-32-41-23-15-16-24-42(41)33-52(49)60-58(56)47-30-44(39-19-11-7-12-20-39)28-45(31-47)40-21-13-8-14-22-40/h5-33,50-51H,1,34H2,2-4H3. The summed E-state index contributed by atoms with van der Waals surface area (Å²) in [5, 5.41) is 3.68. The highest BCUT2D eigenvalue weighted by Gasteiger charge is 2.48. The summed E-state index contributed by atoms with van der Waals surface area (Å²) in [6.45, 7) is 10.7. The fraction of sp³-hybridized carbons (Fsp3) is 0.103. The number of nitrogens with zero attached hydrogens (tertiary/aromatic N) is 2. The molecule has 0 fully saturated rings. The molecule has 9 aromatic rings. The maximum atomic E-state index is 5.75. The Balaban J connectivity index is 1.22. The number of aryl methyl sites for hydroxylation is 2. The quantitative estimate of drug-likeness (QED) is 0.119. The van der Waals surface area contributed by atoms with Crippen LogP contribution in [0.2, 0.25) is 0 Å². The Morgan fingerprint density at radius 3 is 1.57 bits per heavy atom. The van der Waals surface area contributed by atoms with Gasteiger partial charge in [0.1, 0.15) is 0 Å². The molecule has 0 saturated heterocycles. The first-order valence-corrected chi connectivity index (χ1v) is 21.1. The van der Waals surface area contributed by atoms with Crippen LogP contribution in [-0.2, 0) is 0 Å². The Kier molecular flexibility index (Phi) is 8.56. The van der Waals surface area contributed by atoms with Crippen LogP contribution in [0, 0.1) is 13.8 Å². The normalized spacial score (nSPS) is 15.3. The van der Waals surface area contributed by atoms with Gasteiger partial charge >= 0.3 is 0 Å². The summed E-state index contributed by atoms with van der Waals surface area (Å²) in [4.78, 5) is 11.3. The van der Waals surface area contributed by atoms with E-state index >= 15 is 0 Å². The van der Waals surface area contributed by atoms with Gasteiger partial charge in [0.15, 0.2) is 0 Å². The van der Waals surface area contributed by atoms with Crippen molar-refractivity contribution in [3.05, 3.63) is 221 Å². The lowest BCUT2D eigenvalue weighted by Crippen LogP contribution is -2.13. The highest BCUT2D eigenvalue weighted by atomic mass is 14.8. The first-order valence-electron chi connectivity index (χ1n) is 21.1. The summed E-state index contributed by atoms with van der Waals surface area (Å²) in [6, 6.07) is 59.7. The highest BCUT2D eigenvalue weighted by Crippen LogP contribution is 2.63. The maximum Gasteiger partial charge on any atom is 0.0751 e. The first kappa shape index (κ1) is 36.0. The molecule has 2 heterocycles. The number of fused-ring (bicyclic) bond motifs is 11. The minimum atomic E-state index is 0.140. The molecule has 286 valence electrons. The van der Waals surface area contributed by atoms with E-state index in [2.05, 4.69) is 197 Å². The van der Waals surface area contributed by atoms with Gasteiger partial charge < -0.3 is 0 Å². The maximum absolute atomic E-state index is 5.75. The monoisotopic (exact) mass is 768 g/mol. The summed E-state index contributed by atoms with van der Waals surface area (Å²) < 4.78 is 0. The van der Waals surface area contributed by atoms with E-state index in [1.165, 1.54) is 88.5 Å².